The molecule has 2 aromatic carbocycles. The van der Waals surface area contributed by atoms with Crippen LogP contribution in [0.25, 0.3) is 0 Å². The normalized spacial score (nSPS) is 16.1. The summed E-state index contributed by atoms with van der Waals surface area (Å²) in [5, 5.41) is 13.4. The van der Waals surface area contributed by atoms with Gasteiger partial charge in [-0.15, -0.1) is 0 Å². The Labute approximate surface area is 203 Å². The summed E-state index contributed by atoms with van der Waals surface area (Å²) in [5.41, 5.74) is 1.74. The Morgan fingerprint density at radius 3 is 2.54 bits per heavy atom. The van der Waals surface area contributed by atoms with Gasteiger partial charge in [0.15, 0.2) is 5.82 Å². The van der Waals surface area contributed by atoms with Gasteiger partial charge in [0.25, 0.3) is 5.56 Å². The predicted octanol–water partition coefficient (Wildman–Crippen LogP) is 2.31. The molecule has 1 aromatic heterocycles. The minimum atomic E-state index is -0.578. The van der Waals surface area contributed by atoms with Crippen LogP contribution in [-0.2, 0) is 34.0 Å². The van der Waals surface area contributed by atoms with Crippen molar-refractivity contribution in [2.24, 2.45) is 0 Å². The van der Waals surface area contributed by atoms with Gasteiger partial charge in [-0.2, -0.15) is 4.98 Å². The fourth-order valence-electron chi connectivity index (χ4n) is 3.97. The summed E-state index contributed by atoms with van der Waals surface area (Å²) in [6.45, 7) is 4.41. The molecule has 0 saturated carbocycles. The third-order valence-corrected chi connectivity index (χ3v) is 6.01. The van der Waals surface area contributed by atoms with Gasteiger partial charge in [0.05, 0.1) is 24.9 Å². The number of ether oxygens (including phenoxy) is 2. The number of anilines is 1. The molecule has 9 heteroatoms. The maximum absolute atomic E-state index is 13.1. The molecular formula is C26H30N4O5. The van der Waals surface area contributed by atoms with Crippen molar-refractivity contribution in [2.45, 2.75) is 32.7 Å². The van der Waals surface area contributed by atoms with Gasteiger partial charge in [0.1, 0.15) is 13.2 Å². The van der Waals surface area contributed by atoms with Crippen LogP contribution in [-0.4, -0.2) is 57.9 Å². The zero-order valence-corrected chi connectivity index (χ0v) is 19.7. The van der Waals surface area contributed by atoms with Crippen molar-refractivity contribution >= 4 is 11.8 Å². The Bertz CT molecular complexity index is 1180. The van der Waals surface area contributed by atoms with E-state index in [-0.39, 0.29) is 36.6 Å². The molecule has 1 aliphatic rings. The van der Waals surface area contributed by atoms with Gasteiger partial charge in [-0.05, 0) is 18.1 Å². The summed E-state index contributed by atoms with van der Waals surface area (Å²) in [6, 6.07) is 19.5. The van der Waals surface area contributed by atoms with E-state index in [9.17, 15) is 14.7 Å². The first kappa shape index (κ1) is 24.4. The summed E-state index contributed by atoms with van der Waals surface area (Å²) in [4.78, 5) is 31.8. The molecule has 0 amide bonds. The van der Waals surface area contributed by atoms with E-state index in [1.54, 1.807) is 0 Å². The van der Waals surface area contributed by atoms with Crippen LogP contribution in [0.2, 0.25) is 0 Å². The molecule has 0 spiro atoms. The number of carbonyl (C=O) groups excluding carboxylic acids is 1. The average molecular weight is 479 g/mol. The number of esters is 1. The molecule has 1 fully saturated rings. The molecule has 2 heterocycles. The van der Waals surface area contributed by atoms with Crippen molar-refractivity contribution in [3.8, 4) is 5.88 Å². The Hall–Kier alpha value is -3.69. The Morgan fingerprint density at radius 2 is 1.83 bits per heavy atom. The number of hydrogen-bond acceptors (Lipinski definition) is 8. The fourth-order valence-corrected chi connectivity index (χ4v) is 3.97. The summed E-state index contributed by atoms with van der Waals surface area (Å²) >= 11 is 0. The highest BCUT2D eigenvalue weighted by atomic mass is 16.5. The summed E-state index contributed by atoms with van der Waals surface area (Å²) < 4.78 is 12.1. The third-order valence-electron chi connectivity index (χ3n) is 6.01. The molecule has 0 unspecified atom stereocenters. The van der Waals surface area contributed by atoms with Crippen molar-refractivity contribution in [1.82, 2.24) is 14.5 Å². The summed E-state index contributed by atoms with van der Waals surface area (Å²) in [7, 11) is 0. The maximum Gasteiger partial charge on any atom is 0.326 e. The van der Waals surface area contributed by atoms with E-state index < -0.39 is 11.5 Å². The number of nitrogens with one attached hydrogen (secondary N) is 1. The number of benzene rings is 2. The zero-order chi connectivity index (χ0) is 24.6. The highest BCUT2D eigenvalue weighted by Gasteiger charge is 2.24. The van der Waals surface area contributed by atoms with E-state index in [2.05, 4.69) is 27.3 Å². The van der Waals surface area contributed by atoms with E-state index in [0.717, 1.165) is 18.7 Å². The van der Waals surface area contributed by atoms with Crippen LogP contribution in [0.15, 0.2) is 65.5 Å². The smallest absolute Gasteiger partial charge is 0.326 e. The number of nitrogens with zero attached hydrogens (tertiary/aromatic N) is 3. The molecule has 1 aliphatic heterocycles. The third kappa shape index (κ3) is 6.46. The van der Waals surface area contributed by atoms with Crippen LogP contribution in [0, 0.1) is 6.92 Å². The van der Waals surface area contributed by atoms with Gasteiger partial charge in [0.2, 0.25) is 5.88 Å². The lowest BCUT2D eigenvalue weighted by Crippen LogP contribution is -2.48. The molecule has 9 nitrogen and oxygen atoms in total. The highest BCUT2D eigenvalue weighted by molar-refractivity contribution is 5.69. The Kier molecular flexibility index (Phi) is 8.12. The zero-order valence-electron chi connectivity index (χ0n) is 19.7. The van der Waals surface area contributed by atoms with Crippen molar-refractivity contribution in [3.05, 3.63) is 87.8 Å². The van der Waals surface area contributed by atoms with E-state index in [1.165, 1.54) is 17.1 Å². The SMILES string of the molecule is Cc1c(O)nc(NC[C@H]2COCCN2Cc2ccccc2)c(=O)n1CC(=O)OCc1ccccc1. The summed E-state index contributed by atoms with van der Waals surface area (Å²) in [5.74, 6) is -0.913. The molecule has 2 N–H and O–H groups in total. The molecule has 184 valence electrons. The molecule has 4 rings (SSSR count). The Balaban J connectivity index is 1.42. The standard InChI is InChI=1S/C26H30N4O5/c1-19-25(32)28-24(26(33)30(19)16-23(31)35-17-21-10-6-3-7-11-21)27-14-22-18-34-13-12-29(22)15-20-8-4-2-5-9-20/h2-11,22,32H,12-18H2,1H3,(H,27,28)/t22-/m0/s1. The van der Waals surface area contributed by atoms with Crippen molar-refractivity contribution < 1.29 is 19.4 Å². The lowest BCUT2D eigenvalue weighted by Gasteiger charge is -2.35. The van der Waals surface area contributed by atoms with Gasteiger partial charge < -0.3 is 19.9 Å². The van der Waals surface area contributed by atoms with Crippen LogP contribution in [0.1, 0.15) is 16.8 Å². The van der Waals surface area contributed by atoms with E-state index >= 15 is 0 Å². The molecular weight excluding hydrogens is 448 g/mol. The lowest BCUT2D eigenvalue weighted by atomic mass is 10.1. The number of aromatic nitrogens is 2. The monoisotopic (exact) mass is 478 g/mol. The van der Waals surface area contributed by atoms with Crippen LogP contribution < -0.4 is 10.9 Å². The van der Waals surface area contributed by atoms with Crippen LogP contribution in [0.5, 0.6) is 5.88 Å². The Morgan fingerprint density at radius 1 is 1.14 bits per heavy atom. The van der Waals surface area contributed by atoms with E-state index in [0.29, 0.717) is 19.8 Å². The second-order valence-electron chi connectivity index (χ2n) is 8.47. The number of aromatic hydroxyl groups is 1. The largest absolute Gasteiger partial charge is 0.492 e. The van der Waals surface area contributed by atoms with Crippen LogP contribution in [0.4, 0.5) is 5.82 Å². The quantitative estimate of drug-likeness (QED) is 0.452. The number of carbonyl (C=O) groups is 1. The minimum absolute atomic E-state index is 0.0119. The van der Waals surface area contributed by atoms with Gasteiger partial charge >= 0.3 is 5.97 Å². The number of hydrogen-bond donors (Lipinski definition) is 2. The molecule has 1 atom stereocenters. The van der Waals surface area contributed by atoms with Gasteiger partial charge in [-0.1, -0.05) is 60.7 Å². The van der Waals surface area contributed by atoms with Crippen LogP contribution in [0.3, 0.4) is 0 Å². The molecule has 0 radical (unpaired) electrons. The molecule has 35 heavy (non-hydrogen) atoms. The lowest BCUT2D eigenvalue weighted by molar-refractivity contribution is -0.145. The van der Waals surface area contributed by atoms with E-state index in [4.69, 9.17) is 9.47 Å². The summed E-state index contributed by atoms with van der Waals surface area (Å²) in [6.07, 6.45) is 0. The number of rotatable bonds is 9. The first-order valence-electron chi connectivity index (χ1n) is 11.6. The molecule has 1 saturated heterocycles. The van der Waals surface area contributed by atoms with Gasteiger partial charge in [0, 0.05) is 19.6 Å². The van der Waals surface area contributed by atoms with Crippen molar-refractivity contribution in [3.63, 3.8) is 0 Å². The van der Waals surface area contributed by atoms with Crippen LogP contribution >= 0.6 is 0 Å². The van der Waals surface area contributed by atoms with Crippen molar-refractivity contribution in [1.29, 1.82) is 0 Å². The minimum Gasteiger partial charge on any atom is -0.492 e. The highest BCUT2D eigenvalue weighted by Crippen LogP contribution is 2.16. The van der Waals surface area contributed by atoms with E-state index in [1.807, 2.05) is 48.5 Å². The molecule has 0 aliphatic carbocycles. The molecule has 3 aromatic rings. The molecule has 0 bridgehead atoms. The second-order valence-corrected chi connectivity index (χ2v) is 8.47. The fraction of sp³-hybridized carbons (Fsp3) is 0.346. The predicted molar refractivity (Wildman–Crippen MR) is 131 cm³/mol. The second kappa shape index (κ2) is 11.6. The number of morpholine rings is 1. The van der Waals surface area contributed by atoms with Crippen molar-refractivity contribution in [2.75, 3.05) is 31.6 Å². The van der Waals surface area contributed by atoms with Gasteiger partial charge in [-0.25, -0.2) is 0 Å². The first-order valence-corrected chi connectivity index (χ1v) is 11.6. The average Bonchev–Trinajstić information content (AvgIpc) is 2.89. The first-order chi connectivity index (χ1) is 17.0. The topological polar surface area (TPSA) is 106 Å². The maximum atomic E-state index is 13.1. The van der Waals surface area contributed by atoms with Gasteiger partial charge in [-0.3, -0.25) is 19.1 Å².